The second-order valence-corrected chi connectivity index (χ2v) is 1.88. The van der Waals surface area contributed by atoms with Gasteiger partial charge in [0.25, 0.3) is 0 Å². The molecule has 0 aromatic carbocycles. The van der Waals surface area contributed by atoms with Crippen LogP contribution in [0.1, 0.15) is 5.56 Å². The standard InChI is InChI=1S/C6H7NO3/c7-6-4(1-2-10-6)3-5(8)9/h1-2H,3,7H2,(H,8,9). The molecule has 0 bridgehead atoms. The summed E-state index contributed by atoms with van der Waals surface area (Å²) in [4.78, 5) is 10.1. The molecule has 4 heteroatoms. The van der Waals surface area contributed by atoms with Crippen LogP contribution >= 0.6 is 0 Å². The van der Waals surface area contributed by atoms with Crippen molar-refractivity contribution < 1.29 is 14.3 Å². The molecule has 1 aromatic heterocycles. The van der Waals surface area contributed by atoms with Crippen LogP contribution in [-0.4, -0.2) is 11.1 Å². The molecule has 0 aliphatic rings. The highest BCUT2D eigenvalue weighted by Gasteiger charge is 2.05. The zero-order valence-corrected chi connectivity index (χ0v) is 5.20. The van der Waals surface area contributed by atoms with Gasteiger partial charge in [-0.15, -0.1) is 0 Å². The SMILES string of the molecule is Nc1occc1CC(=O)O. The molecular formula is C6H7NO3. The topological polar surface area (TPSA) is 76.5 Å². The van der Waals surface area contributed by atoms with Crippen molar-refractivity contribution in [1.29, 1.82) is 0 Å². The predicted molar refractivity (Wildman–Crippen MR) is 34.5 cm³/mol. The Morgan fingerprint density at radius 1 is 1.80 bits per heavy atom. The molecule has 0 spiro atoms. The number of aliphatic carboxylic acids is 1. The van der Waals surface area contributed by atoms with E-state index in [-0.39, 0.29) is 12.3 Å². The second-order valence-electron chi connectivity index (χ2n) is 1.88. The number of rotatable bonds is 2. The number of hydrogen-bond acceptors (Lipinski definition) is 3. The molecule has 0 saturated carbocycles. The van der Waals surface area contributed by atoms with E-state index >= 15 is 0 Å². The van der Waals surface area contributed by atoms with Crippen molar-refractivity contribution in [3.8, 4) is 0 Å². The van der Waals surface area contributed by atoms with Gasteiger partial charge in [0.15, 0.2) is 5.88 Å². The van der Waals surface area contributed by atoms with Gasteiger partial charge in [0.05, 0.1) is 12.7 Å². The molecule has 0 fully saturated rings. The highest BCUT2D eigenvalue weighted by atomic mass is 16.4. The molecule has 4 nitrogen and oxygen atoms in total. The average molecular weight is 141 g/mol. The van der Waals surface area contributed by atoms with Crippen molar-refractivity contribution in [2.75, 3.05) is 5.73 Å². The van der Waals surface area contributed by atoms with Crippen LogP contribution in [-0.2, 0) is 11.2 Å². The van der Waals surface area contributed by atoms with Crippen LogP contribution in [0.2, 0.25) is 0 Å². The van der Waals surface area contributed by atoms with Crippen LogP contribution in [0.3, 0.4) is 0 Å². The predicted octanol–water partition coefficient (Wildman–Crippen LogP) is 0.489. The number of nitrogens with two attached hydrogens (primary N) is 1. The average Bonchev–Trinajstić information content (AvgIpc) is 2.15. The Morgan fingerprint density at radius 3 is 2.90 bits per heavy atom. The van der Waals surface area contributed by atoms with E-state index in [9.17, 15) is 4.79 Å². The Hall–Kier alpha value is -1.45. The molecule has 0 aliphatic carbocycles. The fraction of sp³-hybridized carbons (Fsp3) is 0.167. The van der Waals surface area contributed by atoms with Gasteiger partial charge in [0, 0.05) is 5.56 Å². The highest BCUT2D eigenvalue weighted by Crippen LogP contribution is 2.12. The first kappa shape index (κ1) is 6.67. The molecule has 0 aliphatic heterocycles. The fourth-order valence-corrected chi connectivity index (χ4v) is 0.656. The number of carbonyl (C=O) groups is 1. The maximum atomic E-state index is 10.1. The summed E-state index contributed by atoms with van der Waals surface area (Å²) in [5.74, 6) is -0.726. The Morgan fingerprint density at radius 2 is 2.50 bits per heavy atom. The normalized spacial score (nSPS) is 9.60. The van der Waals surface area contributed by atoms with E-state index in [2.05, 4.69) is 4.42 Å². The molecule has 1 heterocycles. The van der Waals surface area contributed by atoms with Gasteiger partial charge in [-0.3, -0.25) is 4.79 Å². The monoisotopic (exact) mass is 141 g/mol. The zero-order valence-electron chi connectivity index (χ0n) is 5.20. The number of furan rings is 1. The third kappa shape index (κ3) is 1.28. The van der Waals surface area contributed by atoms with Crippen molar-refractivity contribution in [2.45, 2.75) is 6.42 Å². The van der Waals surface area contributed by atoms with E-state index in [0.717, 1.165) is 0 Å². The van der Waals surface area contributed by atoms with Gasteiger partial charge >= 0.3 is 5.97 Å². The number of carboxylic acids is 1. The van der Waals surface area contributed by atoms with Gasteiger partial charge < -0.3 is 15.3 Å². The van der Waals surface area contributed by atoms with Gasteiger partial charge in [-0.05, 0) is 6.07 Å². The Bertz CT molecular complexity index is 241. The summed E-state index contributed by atoms with van der Waals surface area (Å²) >= 11 is 0. The van der Waals surface area contributed by atoms with E-state index in [4.69, 9.17) is 10.8 Å². The lowest BCUT2D eigenvalue weighted by atomic mass is 10.2. The molecule has 1 aromatic rings. The van der Waals surface area contributed by atoms with Crippen LogP contribution in [0.5, 0.6) is 0 Å². The summed E-state index contributed by atoms with van der Waals surface area (Å²) in [6.07, 6.45) is 1.29. The minimum atomic E-state index is -0.909. The van der Waals surface area contributed by atoms with Gasteiger partial charge in [-0.2, -0.15) is 0 Å². The fourth-order valence-electron chi connectivity index (χ4n) is 0.656. The van der Waals surface area contributed by atoms with Crippen LogP contribution < -0.4 is 5.73 Å². The quantitative estimate of drug-likeness (QED) is 0.628. The summed E-state index contributed by atoms with van der Waals surface area (Å²) in [5, 5.41) is 8.31. The van der Waals surface area contributed by atoms with E-state index < -0.39 is 5.97 Å². The Labute approximate surface area is 57.3 Å². The van der Waals surface area contributed by atoms with Crippen LogP contribution in [0, 0.1) is 0 Å². The number of hydrogen-bond donors (Lipinski definition) is 2. The summed E-state index contributed by atoms with van der Waals surface area (Å²) < 4.78 is 4.68. The van der Waals surface area contributed by atoms with Gasteiger partial charge in [-0.1, -0.05) is 0 Å². The molecule has 54 valence electrons. The molecule has 1 rings (SSSR count). The van der Waals surface area contributed by atoms with E-state index in [1.165, 1.54) is 6.26 Å². The first-order valence-electron chi connectivity index (χ1n) is 2.74. The lowest BCUT2D eigenvalue weighted by Gasteiger charge is -1.90. The number of anilines is 1. The molecular weight excluding hydrogens is 134 g/mol. The van der Waals surface area contributed by atoms with Crippen LogP contribution in [0.4, 0.5) is 5.88 Å². The van der Waals surface area contributed by atoms with Crippen LogP contribution in [0.15, 0.2) is 16.7 Å². The van der Waals surface area contributed by atoms with Crippen molar-refractivity contribution >= 4 is 11.9 Å². The second kappa shape index (κ2) is 2.43. The van der Waals surface area contributed by atoms with E-state index in [0.29, 0.717) is 5.56 Å². The summed E-state index contributed by atoms with van der Waals surface area (Å²) in [5.41, 5.74) is 5.78. The molecule has 0 unspecified atom stereocenters. The minimum Gasteiger partial charge on any atom is -0.481 e. The third-order valence-corrected chi connectivity index (χ3v) is 1.12. The van der Waals surface area contributed by atoms with E-state index in [1.807, 2.05) is 0 Å². The largest absolute Gasteiger partial charge is 0.481 e. The zero-order chi connectivity index (χ0) is 7.56. The van der Waals surface area contributed by atoms with Crippen LogP contribution in [0.25, 0.3) is 0 Å². The molecule has 3 N–H and O–H groups in total. The summed E-state index contributed by atoms with van der Waals surface area (Å²) in [6, 6.07) is 1.55. The molecule has 0 radical (unpaired) electrons. The molecule has 0 atom stereocenters. The Kier molecular flexibility index (Phi) is 1.62. The number of carboxylic acid groups (broad SMARTS) is 1. The Balaban J connectivity index is 2.74. The molecule has 10 heavy (non-hydrogen) atoms. The minimum absolute atomic E-state index is 0.0810. The smallest absolute Gasteiger partial charge is 0.308 e. The molecule has 0 amide bonds. The first-order valence-corrected chi connectivity index (χ1v) is 2.74. The third-order valence-electron chi connectivity index (χ3n) is 1.12. The van der Waals surface area contributed by atoms with Crippen molar-refractivity contribution in [1.82, 2.24) is 0 Å². The van der Waals surface area contributed by atoms with Crippen molar-refractivity contribution in [2.24, 2.45) is 0 Å². The summed E-state index contributed by atoms with van der Waals surface area (Å²) in [7, 11) is 0. The highest BCUT2D eigenvalue weighted by molar-refractivity contribution is 5.71. The maximum absolute atomic E-state index is 10.1. The maximum Gasteiger partial charge on any atom is 0.308 e. The lowest BCUT2D eigenvalue weighted by Crippen LogP contribution is -2.00. The first-order chi connectivity index (χ1) is 4.70. The van der Waals surface area contributed by atoms with Gasteiger partial charge in [0.1, 0.15) is 0 Å². The summed E-state index contributed by atoms with van der Waals surface area (Å²) in [6.45, 7) is 0. The van der Waals surface area contributed by atoms with Crippen molar-refractivity contribution in [3.05, 3.63) is 17.9 Å². The number of nitrogen functional groups attached to an aromatic ring is 1. The lowest BCUT2D eigenvalue weighted by molar-refractivity contribution is -0.136. The van der Waals surface area contributed by atoms with Gasteiger partial charge in [-0.25, -0.2) is 0 Å². The van der Waals surface area contributed by atoms with Crippen molar-refractivity contribution in [3.63, 3.8) is 0 Å². The molecule has 0 saturated heterocycles. The van der Waals surface area contributed by atoms with Gasteiger partial charge in [0.2, 0.25) is 0 Å². The van der Waals surface area contributed by atoms with E-state index in [1.54, 1.807) is 6.07 Å².